The smallest absolute Gasteiger partial charge is 0.0361 e. The Labute approximate surface area is 197 Å². The summed E-state index contributed by atoms with van der Waals surface area (Å²) in [6.45, 7) is 0. The molecular formula is C30H17BrS. The van der Waals surface area contributed by atoms with Gasteiger partial charge in [0.15, 0.2) is 0 Å². The van der Waals surface area contributed by atoms with Gasteiger partial charge in [0, 0.05) is 24.6 Å². The first-order valence-electron chi connectivity index (χ1n) is 10.7. The second-order valence-electron chi connectivity index (χ2n) is 8.34. The Morgan fingerprint density at radius 1 is 0.469 bits per heavy atom. The largest absolute Gasteiger partial charge is 0.135 e. The molecule has 0 bridgehead atoms. The molecule has 0 amide bonds. The monoisotopic (exact) mass is 488 g/mol. The molecule has 32 heavy (non-hydrogen) atoms. The third-order valence-electron chi connectivity index (χ3n) is 6.49. The van der Waals surface area contributed by atoms with Gasteiger partial charge in [-0.15, -0.1) is 11.3 Å². The van der Waals surface area contributed by atoms with Crippen molar-refractivity contribution in [3.8, 4) is 11.1 Å². The van der Waals surface area contributed by atoms with Gasteiger partial charge in [-0.05, 0) is 79.8 Å². The summed E-state index contributed by atoms with van der Waals surface area (Å²) in [5.74, 6) is 0. The standard InChI is InChI=1S/C30H17BrS/c31-23-10-12-25-22(16-23)6-5-21-15-19(7-11-24(21)25)20-9-13-28-27(17-20)30-26-4-2-1-3-18(26)8-14-29(30)32-28/h1-17H. The molecule has 7 aromatic rings. The molecule has 150 valence electrons. The molecule has 2 heteroatoms. The first-order valence-corrected chi connectivity index (χ1v) is 12.3. The molecular weight excluding hydrogens is 472 g/mol. The Morgan fingerprint density at radius 2 is 1.16 bits per heavy atom. The van der Waals surface area contributed by atoms with Crippen LogP contribution < -0.4 is 0 Å². The highest BCUT2D eigenvalue weighted by Crippen LogP contribution is 2.40. The van der Waals surface area contributed by atoms with Crippen LogP contribution in [0.4, 0.5) is 0 Å². The fourth-order valence-corrected chi connectivity index (χ4v) is 6.43. The van der Waals surface area contributed by atoms with Crippen LogP contribution in [0.15, 0.2) is 108 Å². The quantitative estimate of drug-likeness (QED) is 0.201. The van der Waals surface area contributed by atoms with E-state index in [0.717, 1.165) is 4.47 Å². The predicted octanol–water partition coefficient (Wildman–Crippen LogP) is 9.94. The molecule has 0 unspecified atom stereocenters. The Balaban J connectivity index is 1.46. The Kier molecular flexibility index (Phi) is 3.96. The first kappa shape index (κ1) is 18.4. The maximum absolute atomic E-state index is 3.59. The third-order valence-corrected chi connectivity index (χ3v) is 8.12. The lowest BCUT2D eigenvalue weighted by Gasteiger charge is -2.08. The zero-order valence-corrected chi connectivity index (χ0v) is 19.5. The average molecular weight is 489 g/mol. The summed E-state index contributed by atoms with van der Waals surface area (Å²) in [7, 11) is 0. The maximum atomic E-state index is 3.59. The Morgan fingerprint density at radius 3 is 2.06 bits per heavy atom. The SMILES string of the molecule is Brc1ccc2c(ccc3cc(-c4ccc5sc6ccc7ccccc7c6c5c4)ccc32)c1. The van der Waals surface area contributed by atoms with Crippen LogP contribution in [0.5, 0.6) is 0 Å². The fourth-order valence-electron chi connectivity index (χ4n) is 4.95. The Hall–Kier alpha value is -3.20. The number of hydrogen-bond donors (Lipinski definition) is 0. The fraction of sp³-hybridized carbons (Fsp3) is 0. The highest BCUT2D eigenvalue weighted by atomic mass is 79.9. The van der Waals surface area contributed by atoms with E-state index in [2.05, 4.69) is 119 Å². The van der Waals surface area contributed by atoms with Crippen LogP contribution >= 0.6 is 27.3 Å². The maximum Gasteiger partial charge on any atom is 0.0361 e. The van der Waals surface area contributed by atoms with E-state index in [4.69, 9.17) is 0 Å². The topological polar surface area (TPSA) is 0 Å². The number of rotatable bonds is 1. The van der Waals surface area contributed by atoms with Crippen LogP contribution in [-0.4, -0.2) is 0 Å². The van der Waals surface area contributed by atoms with Crippen molar-refractivity contribution in [3.63, 3.8) is 0 Å². The van der Waals surface area contributed by atoms with Gasteiger partial charge in [0.25, 0.3) is 0 Å². The summed E-state index contributed by atoms with van der Waals surface area (Å²) in [5.41, 5.74) is 2.53. The van der Waals surface area contributed by atoms with Crippen LogP contribution in [0.25, 0.3) is 63.6 Å². The lowest BCUT2D eigenvalue weighted by molar-refractivity contribution is 1.69. The van der Waals surface area contributed by atoms with E-state index in [0.29, 0.717) is 0 Å². The minimum atomic E-state index is 1.12. The van der Waals surface area contributed by atoms with Gasteiger partial charge < -0.3 is 0 Å². The zero-order chi connectivity index (χ0) is 21.2. The lowest BCUT2D eigenvalue weighted by Crippen LogP contribution is -1.82. The third kappa shape index (κ3) is 2.73. The number of benzene rings is 6. The number of fused-ring (bicyclic) bond motifs is 8. The highest BCUT2D eigenvalue weighted by Gasteiger charge is 2.11. The molecule has 1 aromatic heterocycles. The molecule has 0 nitrogen and oxygen atoms in total. The van der Waals surface area contributed by atoms with Gasteiger partial charge in [-0.1, -0.05) is 82.7 Å². The molecule has 0 N–H and O–H groups in total. The predicted molar refractivity (Wildman–Crippen MR) is 145 cm³/mol. The molecule has 1 heterocycles. The second-order valence-corrected chi connectivity index (χ2v) is 10.3. The van der Waals surface area contributed by atoms with E-state index in [1.165, 1.54) is 63.6 Å². The molecule has 0 atom stereocenters. The average Bonchev–Trinajstić information content (AvgIpc) is 3.22. The van der Waals surface area contributed by atoms with Crippen molar-refractivity contribution in [1.29, 1.82) is 0 Å². The molecule has 0 saturated heterocycles. The summed E-state index contributed by atoms with van der Waals surface area (Å²) >= 11 is 5.47. The van der Waals surface area contributed by atoms with Crippen molar-refractivity contribution in [2.45, 2.75) is 0 Å². The van der Waals surface area contributed by atoms with Crippen molar-refractivity contribution >= 4 is 79.8 Å². The summed E-state index contributed by atoms with van der Waals surface area (Å²) in [6, 6.07) is 37.9. The highest BCUT2D eigenvalue weighted by molar-refractivity contribution is 9.10. The normalized spacial score (nSPS) is 11.9. The van der Waals surface area contributed by atoms with Gasteiger partial charge in [-0.2, -0.15) is 0 Å². The summed E-state index contributed by atoms with van der Waals surface area (Å²) in [4.78, 5) is 0. The molecule has 0 saturated carbocycles. The summed E-state index contributed by atoms with van der Waals surface area (Å²) in [5, 5.41) is 10.5. The van der Waals surface area contributed by atoms with E-state index in [1.54, 1.807) is 0 Å². The van der Waals surface area contributed by atoms with Crippen LogP contribution in [0.1, 0.15) is 0 Å². The zero-order valence-electron chi connectivity index (χ0n) is 17.1. The molecule has 0 spiro atoms. The van der Waals surface area contributed by atoms with Gasteiger partial charge in [0.05, 0.1) is 0 Å². The number of hydrogen-bond acceptors (Lipinski definition) is 1. The first-order chi connectivity index (χ1) is 15.7. The summed E-state index contributed by atoms with van der Waals surface area (Å²) in [6.07, 6.45) is 0. The van der Waals surface area contributed by atoms with Crippen LogP contribution in [0.3, 0.4) is 0 Å². The van der Waals surface area contributed by atoms with Crippen molar-refractivity contribution in [2.75, 3.05) is 0 Å². The van der Waals surface area contributed by atoms with Crippen molar-refractivity contribution in [2.24, 2.45) is 0 Å². The molecule has 7 rings (SSSR count). The van der Waals surface area contributed by atoms with E-state index >= 15 is 0 Å². The van der Waals surface area contributed by atoms with Crippen LogP contribution in [-0.2, 0) is 0 Å². The summed E-state index contributed by atoms with van der Waals surface area (Å²) < 4.78 is 3.81. The molecule has 0 aliphatic carbocycles. The lowest BCUT2D eigenvalue weighted by atomic mass is 9.96. The molecule has 0 aliphatic heterocycles. The molecule has 0 radical (unpaired) electrons. The van der Waals surface area contributed by atoms with Crippen molar-refractivity contribution in [3.05, 3.63) is 108 Å². The second kappa shape index (κ2) is 6.90. The Bertz CT molecular complexity index is 1840. The van der Waals surface area contributed by atoms with Gasteiger partial charge in [0.1, 0.15) is 0 Å². The minimum Gasteiger partial charge on any atom is -0.135 e. The molecule has 6 aromatic carbocycles. The van der Waals surface area contributed by atoms with Gasteiger partial charge in [-0.25, -0.2) is 0 Å². The van der Waals surface area contributed by atoms with E-state index in [-0.39, 0.29) is 0 Å². The van der Waals surface area contributed by atoms with Crippen LogP contribution in [0.2, 0.25) is 0 Å². The number of halogens is 1. The number of thiophene rings is 1. The van der Waals surface area contributed by atoms with Crippen LogP contribution in [0, 0.1) is 0 Å². The van der Waals surface area contributed by atoms with Crippen molar-refractivity contribution in [1.82, 2.24) is 0 Å². The van der Waals surface area contributed by atoms with Gasteiger partial charge in [0.2, 0.25) is 0 Å². The molecule has 0 aliphatic rings. The van der Waals surface area contributed by atoms with E-state index in [1.807, 2.05) is 11.3 Å². The van der Waals surface area contributed by atoms with E-state index in [9.17, 15) is 0 Å². The van der Waals surface area contributed by atoms with Gasteiger partial charge in [-0.3, -0.25) is 0 Å². The molecule has 0 fully saturated rings. The minimum absolute atomic E-state index is 1.12. The van der Waals surface area contributed by atoms with Gasteiger partial charge >= 0.3 is 0 Å². The van der Waals surface area contributed by atoms with Crippen molar-refractivity contribution < 1.29 is 0 Å². The van der Waals surface area contributed by atoms with E-state index < -0.39 is 0 Å².